The number of rotatable bonds is 2. The predicted molar refractivity (Wildman–Crippen MR) is 94.1 cm³/mol. The summed E-state index contributed by atoms with van der Waals surface area (Å²) in [5.74, 6) is 0. The zero-order valence-corrected chi connectivity index (χ0v) is 13.5. The van der Waals surface area contributed by atoms with Gasteiger partial charge < -0.3 is 10.3 Å². The summed E-state index contributed by atoms with van der Waals surface area (Å²) in [6, 6.07) is 14.5. The minimum Gasteiger partial charge on any atom is -0.377 e. The molecule has 0 aliphatic heterocycles. The highest BCUT2D eigenvalue weighted by molar-refractivity contribution is 6.42. The van der Waals surface area contributed by atoms with Crippen molar-refractivity contribution >= 4 is 39.8 Å². The molecule has 4 rings (SSSR count). The smallest absolute Gasteiger partial charge is 0.0666 e. The molecule has 4 heteroatoms. The highest BCUT2D eigenvalue weighted by atomic mass is 35.5. The van der Waals surface area contributed by atoms with Crippen molar-refractivity contribution in [2.75, 3.05) is 5.32 Å². The summed E-state index contributed by atoms with van der Waals surface area (Å²) in [4.78, 5) is 3.59. The Hall–Kier alpha value is -1.64. The average molecular weight is 331 g/mol. The molecule has 2 nitrogen and oxygen atoms in total. The Morgan fingerprint density at radius 2 is 1.91 bits per heavy atom. The van der Waals surface area contributed by atoms with Crippen molar-refractivity contribution in [2.45, 2.75) is 25.3 Å². The summed E-state index contributed by atoms with van der Waals surface area (Å²) in [6.45, 7) is 0. The van der Waals surface area contributed by atoms with E-state index < -0.39 is 0 Å². The molecule has 1 atom stereocenters. The van der Waals surface area contributed by atoms with E-state index in [1.165, 1.54) is 28.6 Å². The van der Waals surface area contributed by atoms with E-state index in [0.717, 1.165) is 18.5 Å². The molecule has 0 spiro atoms. The van der Waals surface area contributed by atoms with Crippen LogP contribution < -0.4 is 5.32 Å². The number of anilines is 1. The largest absolute Gasteiger partial charge is 0.377 e. The third-order valence-corrected chi connectivity index (χ3v) is 5.11. The lowest BCUT2D eigenvalue weighted by molar-refractivity contribution is 0.593. The fourth-order valence-corrected chi connectivity index (χ4v) is 3.64. The van der Waals surface area contributed by atoms with Gasteiger partial charge >= 0.3 is 0 Å². The zero-order valence-electron chi connectivity index (χ0n) is 12.0. The molecule has 0 amide bonds. The first-order valence-corrected chi connectivity index (χ1v) is 8.29. The second-order valence-electron chi connectivity index (χ2n) is 5.78. The number of aromatic amines is 1. The van der Waals surface area contributed by atoms with Crippen LogP contribution in [0.3, 0.4) is 0 Å². The molecule has 0 saturated heterocycles. The molecule has 1 aliphatic rings. The van der Waals surface area contributed by atoms with Crippen LogP contribution in [0.15, 0.2) is 42.5 Å². The van der Waals surface area contributed by atoms with E-state index in [9.17, 15) is 0 Å². The number of fused-ring (bicyclic) bond motifs is 3. The molecule has 1 aromatic heterocycles. The Morgan fingerprint density at radius 1 is 1.05 bits per heavy atom. The molecule has 0 bridgehead atoms. The molecule has 0 fully saturated rings. The molecule has 0 radical (unpaired) electrons. The van der Waals surface area contributed by atoms with E-state index in [1.807, 2.05) is 18.2 Å². The molecule has 112 valence electrons. The summed E-state index contributed by atoms with van der Waals surface area (Å²) in [7, 11) is 0. The normalized spacial score (nSPS) is 17.5. The maximum Gasteiger partial charge on any atom is 0.0666 e. The Morgan fingerprint density at radius 3 is 2.77 bits per heavy atom. The van der Waals surface area contributed by atoms with E-state index in [0.29, 0.717) is 10.0 Å². The Kier molecular flexibility index (Phi) is 3.51. The van der Waals surface area contributed by atoms with E-state index in [4.69, 9.17) is 23.2 Å². The molecule has 1 aliphatic carbocycles. The lowest BCUT2D eigenvalue weighted by atomic mass is 9.91. The number of nitrogens with one attached hydrogen (secondary N) is 2. The summed E-state index contributed by atoms with van der Waals surface area (Å²) in [5, 5.41) is 6.11. The number of hydrogen-bond acceptors (Lipinski definition) is 1. The van der Waals surface area contributed by atoms with E-state index in [2.05, 4.69) is 34.6 Å². The van der Waals surface area contributed by atoms with Gasteiger partial charge in [0.25, 0.3) is 0 Å². The number of benzene rings is 2. The molecule has 22 heavy (non-hydrogen) atoms. The first kappa shape index (κ1) is 14.0. The van der Waals surface area contributed by atoms with Crippen LogP contribution in [0.1, 0.15) is 30.1 Å². The van der Waals surface area contributed by atoms with Gasteiger partial charge in [0.1, 0.15) is 0 Å². The molecule has 2 N–H and O–H groups in total. The second-order valence-corrected chi connectivity index (χ2v) is 6.60. The van der Waals surface area contributed by atoms with Crippen LogP contribution in [0.5, 0.6) is 0 Å². The fraction of sp³-hybridized carbons (Fsp3) is 0.222. The van der Waals surface area contributed by atoms with Crippen molar-refractivity contribution < 1.29 is 0 Å². The summed E-state index contributed by atoms with van der Waals surface area (Å²) in [5.41, 5.74) is 4.97. The predicted octanol–water partition coefficient (Wildman–Crippen LogP) is 5.96. The van der Waals surface area contributed by atoms with Gasteiger partial charge in [0, 0.05) is 22.3 Å². The highest BCUT2D eigenvalue weighted by Crippen LogP contribution is 2.37. The maximum absolute atomic E-state index is 6.12. The SMILES string of the molecule is Clc1ccc(NC2CCCc3c2[nH]c2ccccc32)cc1Cl. The minimum absolute atomic E-state index is 0.286. The second kappa shape index (κ2) is 5.53. The third-order valence-electron chi connectivity index (χ3n) is 4.38. The van der Waals surface area contributed by atoms with E-state index in [1.54, 1.807) is 0 Å². The fourth-order valence-electron chi connectivity index (χ4n) is 3.35. The van der Waals surface area contributed by atoms with Crippen LogP contribution in [-0.4, -0.2) is 4.98 Å². The van der Waals surface area contributed by atoms with Gasteiger partial charge in [-0.3, -0.25) is 0 Å². The minimum atomic E-state index is 0.286. The Labute approximate surface area is 139 Å². The van der Waals surface area contributed by atoms with Gasteiger partial charge in [-0.1, -0.05) is 41.4 Å². The van der Waals surface area contributed by atoms with Gasteiger partial charge in [0.05, 0.1) is 16.1 Å². The van der Waals surface area contributed by atoms with E-state index in [-0.39, 0.29) is 6.04 Å². The molecule has 1 unspecified atom stereocenters. The van der Waals surface area contributed by atoms with Gasteiger partial charge in [-0.25, -0.2) is 0 Å². The number of halogens is 2. The topological polar surface area (TPSA) is 27.8 Å². The van der Waals surface area contributed by atoms with E-state index >= 15 is 0 Å². The van der Waals surface area contributed by atoms with Gasteiger partial charge in [-0.05, 0) is 49.1 Å². The average Bonchev–Trinajstić information content (AvgIpc) is 2.91. The van der Waals surface area contributed by atoms with Crippen LogP contribution in [0.25, 0.3) is 10.9 Å². The number of aromatic nitrogens is 1. The van der Waals surface area contributed by atoms with Gasteiger partial charge in [0.2, 0.25) is 0 Å². The van der Waals surface area contributed by atoms with Crippen LogP contribution >= 0.6 is 23.2 Å². The monoisotopic (exact) mass is 330 g/mol. The molecule has 0 saturated carbocycles. The number of hydrogen-bond donors (Lipinski definition) is 2. The molecule has 2 aromatic carbocycles. The van der Waals surface area contributed by atoms with Crippen molar-refractivity contribution in [3.8, 4) is 0 Å². The first-order valence-electron chi connectivity index (χ1n) is 7.53. The number of aryl methyl sites for hydroxylation is 1. The standard InChI is InChI=1S/C18H16Cl2N2/c19-14-9-8-11(10-15(14)20)21-17-7-3-5-13-12-4-1-2-6-16(12)22-18(13)17/h1-2,4,6,8-10,17,21-22H,3,5,7H2. The van der Waals surface area contributed by atoms with Crippen molar-refractivity contribution in [1.29, 1.82) is 0 Å². The Balaban J connectivity index is 1.71. The molecular formula is C18H16Cl2N2. The van der Waals surface area contributed by atoms with Crippen molar-refractivity contribution in [1.82, 2.24) is 4.98 Å². The summed E-state index contributed by atoms with van der Waals surface area (Å²) in [6.07, 6.45) is 3.44. The first-order chi connectivity index (χ1) is 10.7. The summed E-state index contributed by atoms with van der Waals surface area (Å²) >= 11 is 12.1. The van der Waals surface area contributed by atoms with Crippen LogP contribution in [-0.2, 0) is 6.42 Å². The quantitative estimate of drug-likeness (QED) is 0.595. The number of para-hydroxylation sites is 1. The van der Waals surface area contributed by atoms with Gasteiger partial charge in [-0.15, -0.1) is 0 Å². The molecule has 1 heterocycles. The zero-order chi connectivity index (χ0) is 15.1. The maximum atomic E-state index is 6.12. The van der Waals surface area contributed by atoms with Gasteiger partial charge in [-0.2, -0.15) is 0 Å². The van der Waals surface area contributed by atoms with Crippen LogP contribution in [0.2, 0.25) is 10.0 Å². The number of H-pyrrole nitrogens is 1. The lowest BCUT2D eigenvalue weighted by Gasteiger charge is -2.25. The van der Waals surface area contributed by atoms with Crippen molar-refractivity contribution in [2.24, 2.45) is 0 Å². The highest BCUT2D eigenvalue weighted by Gasteiger charge is 2.24. The van der Waals surface area contributed by atoms with Crippen molar-refractivity contribution in [3.05, 3.63) is 63.8 Å². The van der Waals surface area contributed by atoms with Crippen LogP contribution in [0.4, 0.5) is 5.69 Å². The molecular weight excluding hydrogens is 315 g/mol. The van der Waals surface area contributed by atoms with Gasteiger partial charge in [0.15, 0.2) is 0 Å². The summed E-state index contributed by atoms with van der Waals surface area (Å²) < 4.78 is 0. The Bertz CT molecular complexity index is 838. The lowest BCUT2D eigenvalue weighted by Crippen LogP contribution is -2.17. The van der Waals surface area contributed by atoms with Crippen molar-refractivity contribution in [3.63, 3.8) is 0 Å². The van der Waals surface area contributed by atoms with Crippen LogP contribution in [0, 0.1) is 0 Å². The third kappa shape index (κ3) is 2.37. The molecule has 3 aromatic rings.